The van der Waals surface area contributed by atoms with E-state index < -0.39 is 0 Å². The molecule has 0 saturated heterocycles. The summed E-state index contributed by atoms with van der Waals surface area (Å²) in [6.45, 7) is 4.91. The first-order chi connectivity index (χ1) is 10.2. The molecule has 0 bridgehead atoms. The van der Waals surface area contributed by atoms with Crippen LogP contribution in [0.4, 0.5) is 0 Å². The van der Waals surface area contributed by atoms with Crippen molar-refractivity contribution in [3.63, 3.8) is 0 Å². The molecule has 1 heterocycles. The summed E-state index contributed by atoms with van der Waals surface area (Å²) < 4.78 is 10.7. The fourth-order valence-electron chi connectivity index (χ4n) is 2.21. The lowest BCUT2D eigenvalue weighted by Gasteiger charge is -2.15. The summed E-state index contributed by atoms with van der Waals surface area (Å²) in [7, 11) is 1.57. The Morgan fingerprint density at radius 1 is 1.36 bits per heavy atom. The van der Waals surface area contributed by atoms with E-state index in [1.54, 1.807) is 25.3 Å². The maximum atomic E-state index is 12.2. The molecule has 122 valence electrons. The number of hydrogen-bond donors (Lipinski definition) is 2. The molecule has 5 nitrogen and oxygen atoms in total. The van der Waals surface area contributed by atoms with Crippen LogP contribution >= 0.6 is 12.4 Å². The minimum atomic E-state index is -0.101. The molecular formula is C16H23ClN2O3. The van der Waals surface area contributed by atoms with Crippen molar-refractivity contribution in [1.82, 2.24) is 10.6 Å². The van der Waals surface area contributed by atoms with Gasteiger partial charge >= 0.3 is 0 Å². The van der Waals surface area contributed by atoms with Gasteiger partial charge in [0.05, 0.1) is 13.7 Å². The molecule has 1 aromatic carbocycles. The molecule has 1 aliphatic rings. The zero-order valence-corrected chi connectivity index (χ0v) is 13.8. The molecule has 0 fully saturated rings. The predicted molar refractivity (Wildman–Crippen MR) is 89.3 cm³/mol. The lowest BCUT2D eigenvalue weighted by molar-refractivity contribution is 0.0956. The van der Waals surface area contributed by atoms with E-state index in [0.29, 0.717) is 30.2 Å². The van der Waals surface area contributed by atoms with Crippen molar-refractivity contribution in [1.29, 1.82) is 0 Å². The Morgan fingerprint density at radius 3 is 2.82 bits per heavy atom. The molecule has 1 aliphatic heterocycles. The molecular weight excluding hydrogens is 304 g/mol. The second kappa shape index (κ2) is 9.33. The van der Waals surface area contributed by atoms with Gasteiger partial charge in [-0.15, -0.1) is 12.4 Å². The van der Waals surface area contributed by atoms with Gasteiger partial charge < -0.3 is 20.1 Å². The van der Waals surface area contributed by atoms with Crippen molar-refractivity contribution in [3.05, 3.63) is 35.4 Å². The number of nitrogens with one attached hydrogen (secondary N) is 2. The van der Waals surface area contributed by atoms with Gasteiger partial charge in [0.1, 0.15) is 0 Å². The number of rotatable bonds is 6. The number of ether oxygens (including phenoxy) is 2. The predicted octanol–water partition coefficient (Wildman–Crippen LogP) is 2.17. The monoisotopic (exact) mass is 326 g/mol. The Morgan fingerprint density at radius 2 is 2.18 bits per heavy atom. The molecule has 2 N–H and O–H groups in total. The van der Waals surface area contributed by atoms with Gasteiger partial charge in [-0.2, -0.15) is 0 Å². The lowest BCUT2D eigenvalue weighted by atomic mass is 10.1. The number of amides is 1. The van der Waals surface area contributed by atoms with Crippen LogP contribution in [0.25, 0.3) is 0 Å². The van der Waals surface area contributed by atoms with Crippen molar-refractivity contribution < 1.29 is 14.3 Å². The maximum absolute atomic E-state index is 12.2. The Bertz CT molecular complexity index is 532. The van der Waals surface area contributed by atoms with Gasteiger partial charge in [0.15, 0.2) is 11.5 Å². The van der Waals surface area contributed by atoms with Gasteiger partial charge in [0.2, 0.25) is 0 Å². The van der Waals surface area contributed by atoms with Crippen LogP contribution in [0.3, 0.4) is 0 Å². The summed E-state index contributed by atoms with van der Waals surface area (Å²) in [5.74, 6) is 1.12. The van der Waals surface area contributed by atoms with Crippen molar-refractivity contribution >= 4 is 18.3 Å². The lowest BCUT2D eigenvalue weighted by Crippen LogP contribution is -2.29. The minimum Gasteiger partial charge on any atom is -0.493 e. The normalized spacial score (nSPS) is 13.6. The fraction of sp³-hybridized carbons (Fsp3) is 0.438. The third kappa shape index (κ3) is 4.93. The van der Waals surface area contributed by atoms with E-state index in [2.05, 4.69) is 16.7 Å². The van der Waals surface area contributed by atoms with Crippen LogP contribution in [-0.2, 0) is 0 Å². The summed E-state index contributed by atoms with van der Waals surface area (Å²) >= 11 is 0. The highest BCUT2D eigenvalue weighted by Crippen LogP contribution is 2.27. The van der Waals surface area contributed by atoms with E-state index in [-0.39, 0.29) is 18.3 Å². The van der Waals surface area contributed by atoms with Gasteiger partial charge in [0.25, 0.3) is 5.91 Å². The molecule has 22 heavy (non-hydrogen) atoms. The average molecular weight is 327 g/mol. The first-order valence-corrected chi connectivity index (χ1v) is 7.22. The third-order valence-corrected chi connectivity index (χ3v) is 3.36. The minimum absolute atomic E-state index is 0. The van der Waals surface area contributed by atoms with Crippen molar-refractivity contribution in [2.24, 2.45) is 0 Å². The first-order valence-electron chi connectivity index (χ1n) is 7.22. The molecule has 0 atom stereocenters. The van der Waals surface area contributed by atoms with Crippen LogP contribution in [0.2, 0.25) is 0 Å². The summed E-state index contributed by atoms with van der Waals surface area (Å²) in [6, 6.07) is 5.22. The molecule has 1 aromatic rings. The van der Waals surface area contributed by atoms with E-state index in [9.17, 15) is 4.79 Å². The molecule has 0 aliphatic carbocycles. The number of hydrogen-bond acceptors (Lipinski definition) is 4. The Labute approximate surface area is 137 Å². The summed E-state index contributed by atoms with van der Waals surface area (Å²) in [4.78, 5) is 12.2. The Balaban J connectivity index is 0.00000242. The number of methoxy groups -OCH3 is 1. The van der Waals surface area contributed by atoms with Crippen LogP contribution < -0.4 is 20.1 Å². The molecule has 1 amide bonds. The number of carbonyl (C=O) groups excluding carboxylic acids is 1. The molecule has 2 rings (SSSR count). The number of carbonyl (C=O) groups is 1. The maximum Gasteiger partial charge on any atom is 0.251 e. The highest BCUT2D eigenvalue weighted by molar-refractivity contribution is 5.95. The van der Waals surface area contributed by atoms with Gasteiger partial charge in [-0.05, 0) is 38.1 Å². The van der Waals surface area contributed by atoms with Crippen molar-refractivity contribution in [2.75, 3.05) is 33.4 Å². The van der Waals surface area contributed by atoms with Gasteiger partial charge in [-0.1, -0.05) is 11.6 Å². The van der Waals surface area contributed by atoms with Crippen LogP contribution in [-0.4, -0.2) is 39.3 Å². The smallest absolute Gasteiger partial charge is 0.251 e. The largest absolute Gasteiger partial charge is 0.493 e. The SMILES string of the molecule is CCOc1ccc(C(=O)NCC2=CCNCC2)cc1OC.Cl. The number of halogens is 1. The van der Waals surface area contributed by atoms with E-state index in [1.807, 2.05) is 6.92 Å². The molecule has 0 aromatic heterocycles. The zero-order valence-electron chi connectivity index (χ0n) is 13.0. The van der Waals surface area contributed by atoms with Crippen LogP contribution in [0.15, 0.2) is 29.8 Å². The topological polar surface area (TPSA) is 59.6 Å². The summed E-state index contributed by atoms with van der Waals surface area (Å²) in [5, 5.41) is 6.19. The zero-order chi connectivity index (χ0) is 15.1. The van der Waals surface area contributed by atoms with Crippen molar-refractivity contribution in [2.45, 2.75) is 13.3 Å². The highest BCUT2D eigenvalue weighted by Gasteiger charge is 2.11. The van der Waals surface area contributed by atoms with Crippen LogP contribution in [0.1, 0.15) is 23.7 Å². The van der Waals surface area contributed by atoms with Crippen molar-refractivity contribution in [3.8, 4) is 11.5 Å². The second-order valence-electron chi connectivity index (χ2n) is 4.80. The summed E-state index contributed by atoms with van der Waals surface area (Å²) in [5.41, 5.74) is 1.84. The molecule has 0 spiro atoms. The van der Waals surface area contributed by atoms with Gasteiger partial charge in [0, 0.05) is 18.7 Å². The van der Waals surface area contributed by atoms with Gasteiger partial charge in [-0.3, -0.25) is 4.79 Å². The molecule has 0 unspecified atom stereocenters. The second-order valence-corrected chi connectivity index (χ2v) is 4.80. The van der Waals surface area contributed by atoms with E-state index in [1.165, 1.54) is 5.57 Å². The Hall–Kier alpha value is -1.72. The standard InChI is InChI=1S/C16H22N2O3.ClH/c1-3-21-14-5-4-13(10-15(14)20-2)16(19)18-11-12-6-8-17-9-7-12;/h4-6,10,17H,3,7-9,11H2,1-2H3,(H,18,19);1H. The summed E-state index contributed by atoms with van der Waals surface area (Å²) in [6.07, 6.45) is 3.11. The Kier molecular flexibility index (Phi) is 7.77. The third-order valence-electron chi connectivity index (χ3n) is 3.36. The molecule has 0 saturated carbocycles. The average Bonchev–Trinajstić information content (AvgIpc) is 2.54. The van der Waals surface area contributed by atoms with Gasteiger partial charge in [-0.25, -0.2) is 0 Å². The molecule has 0 radical (unpaired) electrons. The van der Waals surface area contributed by atoms with E-state index in [4.69, 9.17) is 9.47 Å². The number of benzene rings is 1. The first kappa shape index (κ1) is 18.3. The van der Waals surface area contributed by atoms with E-state index >= 15 is 0 Å². The van der Waals surface area contributed by atoms with Crippen LogP contribution in [0.5, 0.6) is 11.5 Å². The molecule has 6 heteroatoms. The van der Waals surface area contributed by atoms with E-state index in [0.717, 1.165) is 19.5 Å². The highest BCUT2D eigenvalue weighted by atomic mass is 35.5. The fourth-order valence-corrected chi connectivity index (χ4v) is 2.21. The van der Waals surface area contributed by atoms with Crippen LogP contribution in [0, 0.1) is 0 Å². The quantitative estimate of drug-likeness (QED) is 0.787.